The molecule has 2 rings (SSSR count). The van der Waals surface area contributed by atoms with Crippen LogP contribution in [0.15, 0.2) is 48.5 Å². The van der Waals surface area contributed by atoms with Gasteiger partial charge in [-0.25, -0.2) is 9.18 Å². The van der Waals surface area contributed by atoms with E-state index < -0.39 is 11.8 Å². The van der Waals surface area contributed by atoms with Crippen molar-refractivity contribution < 1.29 is 18.8 Å². The fourth-order valence-electron chi connectivity index (χ4n) is 2.06. The van der Waals surface area contributed by atoms with E-state index in [4.69, 9.17) is 9.57 Å². The van der Waals surface area contributed by atoms with Gasteiger partial charge in [0.25, 0.3) is 0 Å². The summed E-state index contributed by atoms with van der Waals surface area (Å²) in [5.41, 5.74) is 0.705. The van der Waals surface area contributed by atoms with Crippen molar-refractivity contribution in [3.63, 3.8) is 0 Å². The van der Waals surface area contributed by atoms with E-state index in [2.05, 4.69) is 0 Å². The maximum Gasteiger partial charge on any atom is 0.353 e. The number of carbonyl (C=O) groups excluding carboxylic acids is 1. The molecule has 0 aliphatic rings. The van der Waals surface area contributed by atoms with Gasteiger partial charge in [-0.05, 0) is 31.2 Å². The molecular weight excluding hydrogens is 299 g/mol. The Kier molecular flexibility index (Phi) is 5.54. The third-order valence-corrected chi connectivity index (χ3v) is 3.23. The average Bonchev–Trinajstić information content (AvgIpc) is 2.59. The van der Waals surface area contributed by atoms with E-state index in [1.165, 1.54) is 31.2 Å². The number of ether oxygens (including phenoxy) is 1. The van der Waals surface area contributed by atoms with Gasteiger partial charge in [-0.15, -0.1) is 0 Å². The first-order valence-electron chi connectivity index (χ1n) is 7.17. The summed E-state index contributed by atoms with van der Waals surface area (Å²) in [5.74, 6) is -0.165. The maximum atomic E-state index is 14.2. The van der Waals surface area contributed by atoms with E-state index in [9.17, 15) is 9.18 Å². The van der Waals surface area contributed by atoms with Crippen LogP contribution in [0.2, 0.25) is 0 Å². The molecule has 5 nitrogen and oxygen atoms in total. The Balaban J connectivity index is 2.29. The predicted molar refractivity (Wildman–Crippen MR) is 87.3 cm³/mol. The highest BCUT2D eigenvalue weighted by atomic mass is 19.1. The van der Waals surface area contributed by atoms with Crippen molar-refractivity contribution in [3.8, 4) is 5.75 Å². The van der Waals surface area contributed by atoms with Crippen molar-refractivity contribution in [2.45, 2.75) is 6.92 Å². The van der Waals surface area contributed by atoms with Crippen LogP contribution in [0.3, 0.4) is 0 Å². The Morgan fingerprint density at radius 3 is 2.43 bits per heavy atom. The minimum Gasteiger partial charge on any atom is -0.497 e. The molecule has 0 saturated heterocycles. The van der Waals surface area contributed by atoms with Crippen LogP contribution in [0.1, 0.15) is 6.92 Å². The van der Waals surface area contributed by atoms with Gasteiger partial charge in [0.05, 0.1) is 25.1 Å². The summed E-state index contributed by atoms with van der Waals surface area (Å²) in [6.45, 7) is 2.08. The molecule has 0 radical (unpaired) electrons. The molecule has 0 aliphatic carbocycles. The largest absolute Gasteiger partial charge is 0.497 e. The third-order valence-electron chi connectivity index (χ3n) is 3.23. The monoisotopic (exact) mass is 318 g/mol. The first-order valence-corrected chi connectivity index (χ1v) is 7.17. The summed E-state index contributed by atoms with van der Waals surface area (Å²) in [5, 5.41) is 1.14. The summed E-state index contributed by atoms with van der Waals surface area (Å²) in [6.07, 6.45) is 0. The molecule has 0 saturated carbocycles. The van der Waals surface area contributed by atoms with E-state index >= 15 is 0 Å². The van der Waals surface area contributed by atoms with E-state index in [0.717, 1.165) is 5.06 Å². The van der Waals surface area contributed by atoms with E-state index in [1.54, 1.807) is 37.3 Å². The zero-order valence-electron chi connectivity index (χ0n) is 13.3. The number of rotatable bonds is 5. The second-order valence-corrected chi connectivity index (χ2v) is 4.71. The molecule has 2 aromatic carbocycles. The Morgan fingerprint density at radius 1 is 1.17 bits per heavy atom. The van der Waals surface area contributed by atoms with Gasteiger partial charge in [-0.1, -0.05) is 18.2 Å². The van der Waals surface area contributed by atoms with E-state index in [1.807, 2.05) is 6.07 Å². The number of hydrogen-bond acceptors (Lipinski definition) is 3. The van der Waals surface area contributed by atoms with Crippen molar-refractivity contribution in [2.75, 3.05) is 30.7 Å². The van der Waals surface area contributed by atoms with Crippen LogP contribution in [0, 0.1) is 5.82 Å². The number of nitrogens with zero attached hydrogens (tertiary/aromatic N) is 2. The van der Waals surface area contributed by atoms with E-state index in [-0.39, 0.29) is 5.69 Å². The molecule has 23 heavy (non-hydrogen) atoms. The van der Waals surface area contributed by atoms with Crippen molar-refractivity contribution in [1.29, 1.82) is 0 Å². The van der Waals surface area contributed by atoms with Gasteiger partial charge in [-0.3, -0.25) is 9.74 Å². The maximum absolute atomic E-state index is 14.2. The number of anilines is 2. The number of methoxy groups -OCH3 is 1. The normalized spacial score (nSPS) is 10.3. The van der Waals surface area contributed by atoms with Crippen LogP contribution in [0.25, 0.3) is 0 Å². The SMILES string of the molecule is CCON(C(=O)N(C)c1ccc(OC)cc1F)c1ccccc1. The Labute approximate surface area is 134 Å². The van der Waals surface area contributed by atoms with Crippen LogP contribution < -0.4 is 14.7 Å². The number of amides is 2. The second kappa shape index (κ2) is 7.60. The summed E-state index contributed by atoms with van der Waals surface area (Å²) in [4.78, 5) is 19.3. The molecule has 122 valence electrons. The third kappa shape index (κ3) is 3.78. The number of carbonyl (C=O) groups is 1. The van der Waals surface area contributed by atoms with Crippen LogP contribution >= 0.6 is 0 Å². The van der Waals surface area contributed by atoms with Crippen LogP contribution in [-0.4, -0.2) is 26.8 Å². The molecule has 0 aliphatic heterocycles. The molecule has 0 unspecified atom stereocenters. The minimum atomic E-state index is -0.551. The van der Waals surface area contributed by atoms with Crippen molar-refractivity contribution in [1.82, 2.24) is 0 Å². The highest BCUT2D eigenvalue weighted by Gasteiger charge is 2.23. The van der Waals surface area contributed by atoms with Gasteiger partial charge < -0.3 is 4.74 Å². The summed E-state index contributed by atoms with van der Waals surface area (Å²) in [6, 6.07) is 12.7. The van der Waals surface area contributed by atoms with Crippen molar-refractivity contribution >= 4 is 17.4 Å². The van der Waals surface area contributed by atoms with Gasteiger partial charge in [0, 0.05) is 13.1 Å². The lowest BCUT2D eigenvalue weighted by atomic mass is 10.2. The summed E-state index contributed by atoms with van der Waals surface area (Å²) in [7, 11) is 2.94. The molecule has 6 heteroatoms. The Morgan fingerprint density at radius 2 is 1.87 bits per heavy atom. The number of hydrogen-bond donors (Lipinski definition) is 0. The van der Waals surface area contributed by atoms with Crippen LogP contribution in [-0.2, 0) is 4.84 Å². The lowest BCUT2D eigenvalue weighted by Gasteiger charge is -2.27. The van der Waals surface area contributed by atoms with Crippen molar-refractivity contribution in [2.24, 2.45) is 0 Å². The minimum absolute atomic E-state index is 0.136. The Hall–Kier alpha value is -2.60. The molecule has 2 aromatic rings. The highest BCUT2D eigenvalue weighted by Crippen LogP contribution is 2.25. The lowest BCUT2D eigenvalue weighted by molar-refractivity contribution is 0.130. The number of urea groups is 1. The highest BCUT2D eigenvalue weighted by molar-refractivity contribution is 6.01. The summed E-state index contributed by atoms with van der Waals surface area (Å²) >= 11 is 0. The molecule has 0 heterocycles. The number of halogens is 1. The number of hydroxylamine groups is 1. The van der Waals surface area contributed by atoms with Crippen LogP contribution in [0.4, 0.5) is 20.6 Å². The zero-order chi connectivity index (χ0) is 16.8. The standard InChI is InChI=1S/C17H19FN2O3/c1-4-23-20(13-8-6-5-7-9-13)17(21)19(2)16-11-10-14(22-3)12-15(16)18/h5-12H,4H2,1-3H3. The number of para-hydroxylation sites is 1. The second-order valence-electron chi connectivity index (χ2n) is 4.71. The molecular formula is C17H19FN2O3. The first-order chi connectivity index (χ1) is 11.1. The van der Waals surface area contributed by atoms with Crippen LogP contribution in [0.5, 0.6) is 5.75 Å². The first kappa shape index (κ1) is 16.8. The molecule has 0 spiro atoms. The van der Waals surface area contributed by atoms with Gasteiger partial charge >= 0.3 is 6.03 Å². The number of benzene rings is 2. The van der Waals surface area contributed by atoms with E-state index in [0.29, 0.717) is 18.0 Å². The zero-order valence-corrected chi connectivity index (χ0v) is 13.3. The van der Waals surface area contributed by atoms with Crippen molar-refractivity contribution in [3.05, 3.63) is 54.3 Å². The molecule has 0 atom stereocenters. The van der Waals surface area contributed by atoms with Gasteiger partial charge in [0.2, 0.25) is 0 Å². The fraction of sp³-hybridized carbons (Fsp3) is 0.235. The molecule has 2 amide bonds. The summed E-state index contributed by atoms with van der Waals surface area (Å²) < 4.78 is 19.1. The topological polar surface area (TPSA) is 42.0 Å². The predicted octanol–water partition coefficient (Wildman–Crippen LogP) is 3.85. The van der Waals surface area contributed by atoms with Gasteiger partial charge in [0.15, 0.2) is 5.82 Å². The average molecular weight is 318 g/mol. The molecule has 0 N–H and O–H groups in total. The lowest BCUT2D eigenvalue weighted by Crippen LogP contribution is -2.41. The molecule has 0 fully saturated rings. The Bertz CT molecular complexity index is 664. The fourth-order valence-corrected chi connectivity index (χ4v) is 2.06. The molecule has 0 aromatic heterocycles. The van der Waals surface area contributed by atoms with Gasteiger partial charge in [0.1, 0.15) is 5.75 Å². The quantitative estimate of drug-likeness (QED) is 0.786. The molecule has 0 bridgehead atoms. The van der Waals surface area contributed by atoms with Gasteiger partial charge in [-0.2, -0.15) is 5.06 Å². The smallest absolute Gasteiger partial charge is 0.353 e.